The highest BCUT2D eigenvalue weighted by atomic mass is 32.1. The lowest BCUT2D eigenvalue weighted by Gasteiger charge is -2.12. The Balaban J connectivity index is 2.62. The van der Waals surface area contributed by atoms with Crippen LogP contribution in [0, 0.1) is 5.41 Å². The summed E-state index contributed by atoms with van der Waals surface area (Å²) in [7, 11) is 0. The van der Waals surface area contributed by atoms with E-state index in [9.17, 15) is 14.4 Å². The SMILES string of the molecule is CCNC(=O)Cn1c(=O)/c(=C/c2ccccn2)s/c1=C\C(=O)C(C)(C)C. The van der Waals surface area contributed by atoms with E-state index < -0.39 is 5.41 Å². The molecule has 0 aliphatic rings. The average Bonchev–Trinajstić information content (AvgIpc) is 2.84. The van der Waals surface area contributed by atoms with Gasteiger partial charge < -0.3 is 5.32 Å². The molecule has 1 amide bonds. The Hall–Kier alpha value is -2.54. The second kappa shape index (κ2) is 8.23. The molecule has 1 N–H and O–H groups in total. The number of likely N-dealkylation sites (N-methyl/N-ethyl adjacent to an activating group) is 1. The second-order valence-electron chi connectivity index (χ2n) is 6.81. The van der Waals surface area contributed by atoms with Gasteiger partial charge in [-0.15, -0.1) is 11.3 Å². The molecule has 0 aromatic carbocycles. The van der Waals surface area contributed by atoms with E-state index >= 15 is 0 Å². The largest absolute Gasteiger partial charge is 0.355 e. The summed E-state index contributed by atoms with van der Waals surface area (Å²) in [5.41, 5.74) is -0.230. The van der Waals surface area contributed by atoms with Gasteiger partial charge in [-0.05, 0) is 25.1 Å². The molecule has 7 heteroatoms. The fourth-order valence-electron chi connectivity index (χ4n) is 2.11. The Bertz CT molecular complexity index is 966. The van der Waals surface area contributed by atoms with Crippen LogP contribution in [0.1, 0.15) is 33.4 Å². The molecule has 6 nitrogen and oxygen atoms in total. The number of hydrogen-bond acceptors (Lipinski definition) is 5. The number of ketones is 1. The first-order chi connectivity index (χ1) is 12.2. The first-order valence-electron chi connectivity index (χ1n) is 8.37. The number of hydrogen-bond donors (Lipinski definition) is 1. The van der Waals surface area contributed by atoms with Crippen molar-refractivity contribution in [1.29, 1.82) is 0 Å². The maximum absolute atomic E-state index is 12.8. The first-order valence-corrected chi connectivity index (χ1v) is 9.19. The average molecular weight is 373 g/mol. The monoisotopic (exact) mass is 373 g/mol. The molecule has 2 aromatic heterocycles. The van der Waals surface area contributed by atoms with Crippen LogP contribution < -0.4 is 20.1 Å². The van der Waals surface area contributed by atoms with Gasteiger partial charge in [-0.1, -0.05) is 26.8 Å². The zero-order valence-electron chi connectivity index (χ0n) is 15.4. The van der Waals surface area contributed by atoms with Gasteiger partial charge in [-0.3, -0.25) is 23.9 Å². The summed E-state index contributed by atoms with van der Waals surface area (Å²) in [6.07, 6.45) is 4.75. The highest BCUT2D eigenvalue weighted by Gasteiger charge is 2.20. The van der Waals surface area contributed by atoms with E-state index in [4.69, 9.17) is 0 Å². The first kappa shape index (κ1) is 19.8. The molecular formula is C19H23N3O3S. The molecule has 0 saturated carbocycles. The Morgan fingerprint density at radius 1 is 1.31 bits per heavy atom. The van der Waals surface area contributed by atoms with Crippen molar-refractivity contribution in [3.8, 4) is 0 Å². The van der Waals surface area contributed by atoms with Crippen molar-refractivity contribution in [3.63, 3.8) is 0 Å². The van der Waals surface area contributed by atoms with E-state index in [0.717, 1.165) is 0 Å². The molecule has 0 saturated heterocycles. The van der Waals surface area contributed by atoms with Gasteiger partial charge in [0.1, 0.15) is 11.2 Å². The number of carbonyl (C=O) groups excluding carboxylic acids is 2. The number of carbonyl (C=O) groups is 2. The quantitative estimate of drug-likeness (QED) is 0.835. The van der Waals surface area contributed by atoms with Gasteiger partial charge in [0.2, 0.25) is 5.91 Å². The summed E-state index contributed by atoms with van der Waals surface area (Å²) in [4.78, 5) is 41.3. The van der Waals surface area contributed by atoms with Crippen molar-refractivity contribution < 1.29 is 9.59 Å². The molecule has 26 heavy (non-hydrogen) atoms. The zero-order chi connectivity index (χ0) is 19.3. The lowest BCUT2D eigenvalue weighted by molar-refractivity contribution is -0.122. The van der Waals surface area contributed by atoms with Crippen molar-refractivity contribution in [2.24, 2.45) is 5.41 Å². The summed E-state index contributed by atoms with van der Waals surface area (Å²) in [5.74, 6) is -0.373. The molecule has 0 spiro atoms. The highest BCUT2D eigenvalue weighted by molar-refractivity contribution is 7.07. The van der Waals surface area contributed by atoms with Gasteiger partial charge in [0.25, 0.3) is 5.56 Å². The third-order valence-corrected chi connectivity index (χ3v) is 4.63. The molecule has 0 fully saturated rings. The highest BCUT2D eigenvalue weighted by Crippen LogP contribution is 2.14. The summed E-state index contributed by atoms with van der Waals surface area (Å²) in [6, 6.07) is 5.41. The van der Waals surface area contributed by atoms with Crippen molar-refractivity contribution in [2.45, 2.75) is 34.2 Å². The van der Waals surface area contributed by atoms with E-state index in [0.29, 0.717) is 21.4 Å². The number of rotatable bonds is 5. The van der Waals surface area contributed by atoms with E-state index in [1.807, 2.05) is 33.8 Å². The van der Waals surface area contributed by atoms with Gasteiger partial charge in [-0.25, -0.2) is 0 Å². The maximum Gasteiger partial charge on any atom is 0.269 e. The minimum atomic E-state index is -0.568. The fourth-order valence-corrected chi connectivity index (χ4v) is 3.14. The van der Waals surface area contributed by atoms with Crippen LogP contribution in [0.15, 0.2) is 29.2 Å². The van der Waals surface area contributed by atoms with Crippen LogP contribution in [-0.2, 0) is 16.1 Å². The van der Waals surface area contributed by atoms with Gasteiger partial charge in [0.15, 0.2) is 5.78 Å². The van der Waals surface area contributed by atoms with E-state index in [1.54, 1.807) is 24.4 Å². The van der Waals surface area contributed by atoms with Gasteiger partial charge in [0, 0.05) is 24.2 Å². The summed E-state index contributed by atoms with van der Waals surface area (Å²) < 4.78 is 2.23. The minimum Gasteiger partial charge on any atom is -0.355 e. The standard InChI is InChI=1S/C19H23N3O3S/c1-5-20-16(24)12-22-17(11-15(23)19(2,3)4)26-14(18(22)25)10-13-8-6-7-9-21-13/h6-11H,5,12H2,1-4H3,(H,20,24)/b14-10-,17-11-. The summed E-state index contributed by atoms with van der Waals surface area (Å²) in [5, 5.41) is 2.68. The number of nitrogens with one attached hydrogen (secondary N) is 1. The van der Waals surface area contributed by atoms with Gasteiger partial charge in [-0.2, -0.15) is 0 Å². The summed E-state index contributed by atoms with van der Waals surface area (Å²) in [6.45, 7) is 7.60. The number of aromatic nitrogens is 2. The van der Waals surface area contributed by atoms with Crippen LogP contribution in [0.5, 0.6) is 0 Å². The molecule has 0 atom stereocenters. The number of Topliss-reactive ketones (excluding diaryl/α,β-unsaturated/α-hetero) is 1. The minimum absolute atomic E-state index is 0.104. The van der Waals surface area contributed by atoms with E-state index in [-0.39, 0.29) is 23.8 Å². The fraction of sp³-hybridized carbons (Fsp3) is 0.368. The van der Waals surface area contributed by atoms with Crippen LogP contribution in [0.3, 0.4) is 0 Å². The lowest BCUT2D eigenvalue weighted by atomic mass is 9.91. The molecule has 0 aliphatic carbocycles. The third kappa shape index (κ3) is 4.98. The van der Waals surface area contributed by atoms with Crippen molar-refractivity contribution in [1.82, 2.24) is 14.9 Å². The van der Waals surface area contributed by atoms with Crippen LogP contribution >= 0.6 is 11.3 Å². The second-order valence-corrected chi connectivity index (χ2v) is 7.87. The van der Waals surface area contributed by atoms with E-state index in [2.05, 4.69) is 10.3 Å². The van der Waals surface area contributed by atoms with Crippen molar-refractivity contribution in [2.75, 3.05) is 6.54 Å². The Labute approximate surface area is 155 Å². The molecule has 0 unspecified atom stereocenters. The number of thiazole rings is 1. The lowest BCUT2D eigenvalue weighted by Crippen LogP contribution is -2.38. The van der Waals surface area contributed by atoms with Crippen molar-refractivity contribution in [3.05, 3.63) is 49.6 Å². The topological polar surface area (TPSA) is 81.1 Å². The van der Waals surface area contributed by atoms with Gasteiger partial charge >= 0.3 is 0 Å². The summed E-state index contributed by atoms with van der Waals surface area (Å²) >= 11 is 1.18. The Morgan fingerprint density at radius 3 is 2.62 bits per heavy atom. The Morgan fingerprint density at radius 2 is 2.04 bits per heavy atom. The molecule has 0 bridgehead atoms. The molecule has 138 valence electrons. The third-order valence-electron chi connectivity index (χ3n) is 3.57. The van der Waals surface area contributed by atoms with Gasteiger partial charge in [0.05, 0.1) is 10.2 Å². The van der Waals surface area contributed by atoms with E-state index in [1.165, 1.54) is 22.0 Å². The van der Waals surface area contributed by atoms with Crippen LogP contribution in [0.25, 0.3) is 12.2 Å². The molecule has 2 heterocycles. The number of pyridine rings is 1. The maximum atomic E-state index is 12.8. The predicted octanol–water partition coefficient (Wildman–Crippen LogP) is 0.665. The van der Waals surface area contributed by atoms with Crippen molar-refractivity contribution >= 4 is 35.2 Å². The molecule has 2 rings (SSSR count). The van der Waals surface area contributed by atoms with Crippen LogP contribution in [0.4, 0.5) is 0 Å². The number of nitrogens with zero attached hydrogens (tertiary/aromatic N) is 2. The zero-order valence-corrected chi connectivity index (χ0v) is 16.2. The Kier molecular flexibility index (Phi) is 6.26. The number of amides is 1. The smallest absolute Gasteiger partial charge is 0.269 e. The predicted molar refractivity (Wildman–Crippen MR) is 103 cm³/mol. The molecular weight excluding hydrogens is 350 g/mol. The molecule has 0 radical (unpaired) electrons. The molecule has 2 aromatic rings. The van der Waals surface area contributed by atoms with Crippen LogP contribution in [0.2, 0.25) is 0 Å². The normalized spacial score (nSPS) is 13.1. The van der Waals surface area contributed by atoms with Crippen LogP contribution in [-0.4, -0.2) is 27.8 Å². The molecule has 0 aliphatic heterocycles.